The van der Waals surface area contributed by atoms with Crippen molar-refractivity contribution >= 4 is 22.5 Å². The first-order valence-electron chi connectivity index (χ1n) is 19.0. The van der Waals surface area contributed by atoms with Crippen molar-refractivity contribution in [3.63, 3.8) is 0 Å². The lowest BCUT2D eigenvalue weighted by Crippen LogP contribution is -2.50. The average Bonchev–Trinajstić information content (AvgIpc) is 3.78. The van der Waals surface area contributed by atoms with Crippen LogP contribution in [0.25, 0.3) is 33.0 Å². The lowest BCUT2D eigenvalue weighted by atomic mass is 9.66. The van der Waals surface area contributed by atoms with E-state index in [1.807, 2.05) is 11.8 Å². The van der Waals surface area contributed by atoms with Crippen molar-refractivity contribution in [3.05, 3.63) is 233 Å². The second-order valence-corrected chi connectivity index (χ2v) is 16.0. The van der Waals surface area contributed by atoms with E-state index < -0.39 is 5.41 Å². The Bertz CT molecular complexity index is 2620. The van der Waals surface area contributed by atoms with E-state index in [4.69, 9.17) is 0 Å². The summed E-state index contributed by atoms with van der Waals surface area (Å²) in [5, 5.41) is 11.0. The van der Waals surface area contributed by atoms with Crippen molar-refractivity contribution < 1.29 is 0 Å². The van der Waals surface area contributed by atoms with Gasteiger partial charge in [-0.2, -0.15) is 0 Å². The Kier molecular flexibility index (Phi) is 7.48. The zero-order valence-corrected chi connectivity index (χ0v) is 30.5. The molecular formula is C51H38N2S. The summed E-state index contributed by atoms with van der Waals surface area (Å²) < 4.78 is 0. The first kappa shape index (κ1) is 31.8. The maximum atomic E-state index is 4.15. The first-order chi connectivity index (χ1) is 26.8. The van der Waals surface area contributed by atoms with Gasteiger partial charge >= 0.3 is 0 Å². The van der Waals surface area contributed by atoms with E-state index in [2.05, 4.69) is 205 Å². The van der Waals surface area contributed by atoms with E-state index in [0.29, 0.717) is 0 Å². The molecule has 1 aliphatic carbocycles. The van der Waals surface area contributed by atoms with Crippen molar-refractivity contribution in [1.29, 1.82) is 0 Å². The lowest BCUT2D eigenvalue weighted by molar-refractivity contribution is 0.260. The van der Waals surface area contributed by atoms with Gasteiger partial charge in [0.25, 0.3) is 0 Å². The third-order valence-corrected chi connectivity index (χ3v) is 13.4. The normalized spacial score (nSPS) is 20.5. The topological polar surface area (TPSA) is 24.1 Å². The zero-order valence-electron chi connectivity index (χ0n) is 29.7. The number of hydrogen-bond donors (Lipinski definition) is 2. The molecule has 11 rings (SSSR count). The summed E-state index contributed by atoms with van der Waals surface area (Å²) >= 11 is 2.01. The smallest absolute Gasteiger partial charge is 0.0845 e. The molecule has 258 valence electrons. The van der Waals surface area contributed by atoms with E-state index in [9.17, 15) is 0 Å². The fourth-order valence-electron chi connectivity index (χ4n) is 9.73. The van der Waals surface area contributed by atoms with Crippen LogP contribution in [0.1, 0.15) is 57.2 Å². The van der Waals surface area contributed by atoms with Gasteiger partial charge in [-0.3, -0.25) is 10.6 Å². The molecule has 2 aliphatic heterocycles. The van der Waals surface area contributed by atoms with Gasteiger partial charge in [-0.25, -0.2) is 0 Å². The quantitative estimate of drug-likeness (QED) is 0.186. The van der Waals surface area contributed by atoms with Crippen LogP contribution in [0.3, 0.4) is 0 Å². The van der Waals surface area contributed by atoms with Crippen molar-refractivity contribution in [2.45, 2.75) is 33.8 Å². The molecule has 0 bridgehead atoms. The summed E-state index contributed by atoms with van der Waals surface area (Å²) in [6, 6.07) is 72.5. The number of benzene rings is 8. The van der Waals surface area contributed by atoms with Crippen LogP contribution in [0.15, 0.2) is 199 Å². The molecule has 3 aliphatic rings. The molecule has 54 heavy (non-hydrogen) atoms. The first-order valence-corrected chi connectivity index (χ1v) is 19.9. The minimum atomic E-state index is -0.551. The molecule has 3 heteroatoms. The van der Waals surface area contributed by atoms with Crippen molar-refractivity contribution in [1.82, 2.24) is 10.6 Å². The fourth-order valence-corrected chi connectivity index (χ4v) is 11.2. The van der Waals surface area contributed by atoms with Crippen LogP contribution in [0.2, 0.25) is 0 Å². The minimum absolute atomic E-state index is 0.0105. The Hall–Kier alpha value is -5.71. The molecule has 8 aromatic carbocycles. The fraction of sp³-hybridized carbons (Fsp3) is 0.0980. The van der Waals surface area contributed by atoms with Gasteiger partial charge in [-0.05, 0) is 84.1 Å². The molecule has 0 radical (unpaired) electrons. The Morgan fingerprint density at radius 1 is 0.481 bits per heavy atom. The third-order valence-electron chi connectivity index (χ3n) is 12.0. The number of thioether (sulfide) groups is 1. The van der Waals surface area contributed by atoms with Gasteiger partial charge < -0.3 is 0 Å². The van der Waals surface area contributed by atoms with Gasteiger partial charge in [-0.1, -0.05) is 182 Å². The summed E-state index contributed by atoms with van der Waals surface area (Å²) in [6.07, 6.45) is 0.0105. The molecule has 1 fully saturated rings. The highest BCUT2D eigenvalue weighted by Crippen LogP contribution is 2.61. The van der Waals surface area contributed by atoms with Crippen LogP contribution in [0.4, 0.5) is 0 Å². The second kappa shape index (κ2) is 12.7. The summed E-state index contributed by atoms with van der Waals surface area (Å²) in [5.74, 6) is 0. The molecular weight excluding hydrogens is 673 g/mol. The number of hydrogen-bond acceptors (Lipinski definition) is 3. The van der Waals surface area contributed by atoms with E-state index >= 15 is 0 Å². The van der Waals surface area contributed by atoms with Gasteiger partial charge in [0.2, 0.25) is 0 Å². The lowest BCUT2D eigenvalue weighted by Gasteiger charge is -2.42. The van der Waals surface area contributed by atoms with Crippen molar-refractivity contribution in [3.8, 4) is 22.3 Å². The molecule has 4 unspecified atom stereocenters. The van der Waals surface area contributed by atoms with Gasteiger partial charge in [-0.15, -0.1) is 11.8 Å². The summed E-state index contributed by atoms with van der Waals surface area (Å²) in [5.41, 5.74) is 13.8. The van der Waals surface area contributed by atoms with Crippen LogP contribution in [0, 0.1) is 0 Å². The molecule has 2 N–H and O–H groups in total. The summed E-state index contributed by atoms with van der Waals surface area (Å²) in [4.78, 5) is 1.37. The number of fused-ring (bicyclic) bond motifs is 8. The summed E-state index contributed by atoms with van der Waals surface area (Å²) in [7, 11) is 0. The predicted octanol–water partition coefficient (Wildman–Crippen LogP) is 12.0. The van der Waals surface area contributed by atoms with Crippen molar-refractivity contribution in [2.75, 3.05) is 0 Å². The average molecular weight is 711 g/mol. The highest BCUT2D eigenvalue weighted by Gasteiger charge is 2.50. The van der Waals surface area contributed by atoms with Crippen LogP contribution in [-0.4, -0.2) is 5.25 Å². The molecule has 1 saturated heterocycles. The standard InChI is InChI=1S/C51H38N2S/c1-5-17-33(18-6-1)42-31-35-21-13-14-26-39(35)46-45(42)40-30-29-36(32-43(40)51(46,37-22-9-3-10-23-37)38-24-11-4-12-25-38)47-49-48(41-27-15-16-28-44(41)54-49)53-50(52-47)34-19-7-2-8-20-34/h1-32,47-50,52-53H. The third kappa shape index (κ3) is 4.76. The summed E-state index contributed by atoms with van der Waals surface area (Å²) in [6.45, 7) is 0. The molecule has 0 amide bonds. The molecule has 0 spiro atoms. The molecule has 8 aromatic rings. The maximum absolute atomic E-state index is 4.15. The van der Waals surface area contributed by atoms with Crippen LogP contribution >= 0.6 is 11.8 Å². The number of nitrogens with one attached hydrogen (secondary N) is 2. The number of rotatable bonds is 5. The minimum Gasteiger partial charge on any atom is -0.290 e. The van der Waals surface area contributed by atoms with E-state index in [0.717, 1.165) is 0 Å². The molecule has 0 aromatic heterocycles. The van der Waals surface area contributed by atoms with Gasteiger partial charge in [0.15, 0.2) is 0 Å². The van der Waals surface area contributed by atoms with E-state index in [1.165, 1.54) is 76.9 Å². The highest BCUT2D eigenvalue weighted by molar-refractivity contribution is 8.00. The van der Waals surface area contributed by atoms with Gasteiger partial charge in [0, 0.05) is 22.2 Å². The maximum Gasteiger partial charge on any atom is 0.0845 e. The predicted molar refractivity (Wildman–Crippen MR) is 224 cm³/mol. The van der Waals surface area contributed by atoms with Gasteiger partial charge in [0.05, 0.1) is 11.6 Å². The zero-order chi connectivity index (χ0) is 35.6. The highest BCUT2D eigenvalue weighted by atomic mass is 32.2. The molecule has 4 atom stereocenters. The molecule has 2 nitrogen and oxygen atoms in total. The van der Waals surface area contributed by atoms with Crippen LogP contribution in [0.5, 0.6) is 0 Å². The van der Waals surface area contributed by atoms with Crippen molar-refractivity contribution in [2.24, 2.45) is 0 Å². The van der Waals surface area contributed by atoms with Crippen LogP contribution < -0.4 is 10.6 Å². The Balaban J connectivity index is 1.21. The second-order valence-electron chi connectivity index (χ2n) is 14.8. The SMILES string of the molecule is c1ccc(-c2cc3ccccc3c3c2-c2ccc(C4NC(c5ccccc5)NC5c6ccccc6SC45)cc2C3(c2ccccc2)c2ccccc2)cc1. The molecule has 0 saturated carbocycles. The van der Waals surface area contributed by atoms with Crippen LogP contribution in [-0.2, 0) is 5.41 Å². The monoisotopic (exact) mass is 710 g/mol. The van der Waals surface area contributed by atoms with Gasteiger partial charge in [0.1, 0.15) is 0 Å². The Morgan fingerprint density at radius 2 is 1.09 bits per heavy atom. The Morgan fingerprint density at radius 3 is 1.83 bits per heavy atom. The van der Waals surface area contributed by atoms with E-state index in [-0.39, 0.29) is 23.5 Å². The van der Waals surface area contributed by atoms with E-state index in [1.54, 1.807) is 0 Å². The molecule has 2 heterocycles. The Labute approximate surface area is 320 Å². The largest absolute Gasteiger partial charge is 0.290 e.